The van der Waals surface area contributed by atoms with Crippen LogP contribution >= 0.6 is 0 Å². The highest BCUT2D eigenvalue weighted by atomic mass is 32.2. The third kappa shape index (κ3) is 4.78. The first kappa shape index (κ1) is 15.2. The van der Waals surface area contributed by atoms with Crippen molar-refractivity contribution in [1.29, 1.82) is 0 Å². The van der Waals surface area contributed by atoms with Crippen molar-refractivity contribution in [3.8, 4) is 0 Å². The lowest BCUT2D eigenvalue weighted by molar-refractivity contribution is 0.497. The number of nitrogens with zero attached hydrogens (tertiary/aromatic N) is 2. The van der Waals surface area contributed by atoms with Gasteiger partial charge >= 0.3 is 0 Å². The summed E-state index contributed by atoms with van der Waals surface area (Å²) < 4.78 is 24.8. The Morgan fingerprint density at radius 1 is 1.44 bits per heavy atom. The highest BCUT2D eigenvalue weighted by Gasteiger charge is 2.14. The van der Waals surface area contributed by atoms with E-state index in [1.54, 1.807) is 13.3 Å². The minimum Gasteiger partial charge on any atom is -0.340 e. The second kappa shape index (κ2) is 6.89. The molecule has 0 saturated heterocycles. The minimum absolute atomic E-state index is 0.142. The Morgan fingerprint density at radius 3 is 2.67 bits per heavy atom. The predicted molar refractivity (Wildman–Crippen MR) is 73.2 cm³/mol. The summed E-state index contributed by atoms with van der Waals surface area (Å²) >= 11 is 0. The fourth-order valence-corrected chi connectivity index (χ4v) is 2.76. The normalized spacial score (nSPS) is 13.7. The molecule has 1 unspecified atom stereocenters. The van der Waals surface area contributed by atoms with Gasteiger partial charge in [-0.1, -0.05) is 13.8 Å². The topological polar surface area (TPSA) is 64.0 Å². The summed E-state index contributed by atoms with van der Waals surface area (Å²) in [6.45, 7) is 4.58. The summed E-state index contributed by atoms with van der Waals surface area (Å²) in [4.78, 5) is 4.32. The molecule has 0 saturated carbocycles. The zero-order valence-corrected chi connectivity index (χ0v) is 12.2. The van der Waals surface area contributed by atoms with Crippen LogP contribution in [0.4, 0.5) is 0 Å². The third-order valence-electron chi connectivity index (χ3n) is 2.92. The first-order valence-corrected chi connectivity index (χ1v) is 8.22. The molecule has 1 aromatic rings. The van der Waals surface area contributed by atoms with E-state index >= 15 is 0 Å². The molecule has 5 nitrogen and oxygen atoms in total. The van der Waals surface area contributed by atoms with Gasteiger partial charge in [-0.2, -0.15) is 0 Å². The van der Waals surface area contributed by atoms with Crippen LogP contribution in [0.2, 0.25) is 0 Å². The summed E-state index contributed by atoms with van der Waals surface area (Å²) in [6.07, 6.45) is 5.21. The molecular formula is C12H23N3O2S. The molecule has 0 amide bonds. The van der Waals surface area contributed by atoms with Crippen LogP contribution in [0.5, 0.6) is 0 Å². The number of nitrogens with one attached hydrogen (secondary N) is 1. The quantitative estimate of drug-likeness (QED) is 0.775. The second-order valence-electron chi connectivity index (χ2n) is 4.45. The standard InChI is InChI=1S/C12H23N3O2S/c1-4-13-11(12-9-15(3)10-14-12)7-6-8-18(16,17)5-2/h9-11,13H,4-8H2,1-3H3. The lowest BCUT2D eigenvalue weighted by atomic mass is 10.1. The van der Waals surface area contributed by atoms with Crippen molar-refractivity contribution in [2.75, 3.05) is 18.1 Å². The number of aryl methyl sites for hydroxylation is 1. The van der Waals surface area contributed by atoms with Crippen LogP contribution in [0.1, 0.15) is 38.4 Å². The molecule has 1 aromatic heterocycles. The van der Waals surface area contributed by atoms with Gasteiger partial charge in [-0.15, -0.1) is 0 Å². The van der Waals surface area contributed by atoms with Crippen LogP contribution in [0.25, 0.3) is 0 Å². The number of imidazole rings is 1. The maximum Gasteiger partial charge on any atom is 0.150 e. The Hall–Kier alpha value is -0.880. The van der Waals surface area contributed by atoms with E-state index < -0.39 is 9.84 Å². The number of rotatable bonds is 8. The van der Waals surface area contributed by atoms with E-state index in [-0.39, 0.29) is 17.5 Å². The summed E-state index contributed by atoms with van der Waals surface area (Å²) in [5, 5.41) is 3.35. The van der Waals surface area contributed by atoms with Gasteiger partial charge in [-0.25, -0.2) is 13.4 Å². The van der Waals surface area contributed by atoms with E-state index in [9.17, 15) is 8.42 Å². The maximum absolute atomic E-state index is 11.4. The van der Waals surface area contributed by atoms with Gasteiger partial charge in [0.05, 0.1) is 23.8 Å². The fraction of sp³-hybridized carbons (Fsp3) is 0.750. The zero-order valence-electron chi connectivity index (χ0n) is 11.4. The Morgan fingerprint density at radius 2 is 2.17 bits per heavy atom. The Labute approximate surface area is 110 Å². The minimum atomic E-state index is -2.86. The highest BCUT2D eigenvalue weighted by Crippen LogP contribution is 2.16. The monoisotopic (exact) mass is 273 g/mol. The molecule has 0 aliphatic heterocycles. The van der Waals surface area contributed by atoms with Gasteiger partial charge in [-0.3, -0.25) is 0 Å². The Balaban J connectivity index is 2.54. The largest absolute Gasteiger partial charge is 0.340 e. The van der Waals surface area contributed by atoms with Crippen LogP contribution in [0.3, 0.4) is 0 Å². The Bertz CT molecular complexity index is 454. The first-order chi connectivity index (χ1) is 8.48. The van der Waals surface area contributed by atoms with Gasteiger partial charge in [0.15, 0.2) is 0 Å². The summed E-state index contributed by atoms with van der Waals surface area (Å²) in [6, 6.07) is 0.142. The molecule has 0 spiro atoms. The van der Waals surface area contributed by atoms with Crippen molar-refractivity contribution in [3.63, 3.8) is 0 Å². The molecular weight excluding hydrogens is 250 g/mol. The first-order valence-electron chi connectivity index (χ1n) is 6.40. The van der Waals surface area contributed by atoms with Gasteiger partial charge in [0.1, 0.15) is 9.84 Å². The van der Waals surface area contributed by atoms with E-state index in [4.69, 9.17) is 0 Å². The van der Waals surface area contributed by atoms with Crippen molar-refractivity contribution in [3.05, 3.63) is 18.2 Å². The summed E-state index contributed by atoms with van der Waals surface area (Å²) in [5.41, 5.74) is 0.980. The molecule has 104 valence electrons. The van der Waals surface area contributed by atoms with Crippen molar-refractivity contribution in [2.45, 2.75) is 32.7 Å². The van der Waals surface area contributed by atoms with Gasteiger partial charge in [0.2, 0.25) is 0 Å². The number of aromatic nitrogens is 2. The van der Waals surface area contributed by atoms with Gasteiger partial charge in [0, 0.05) is 19.0 Å². The van der Waals surface area contributed by atoms with Crippen molar-refractivity contribution in [2.24, 2.45) is 7.05 Å². The molecule has 1 rings (SSSR count). The van der Waals surface area contributed by atoms with Gasteiger partial charge in [0.25, 0.3) is 0 Å². The molecule has 0 aromatic carbocycles. The number of sulfone groups is 1. The van der Waals surface area contributed by atoms with Crippen molar-refractivity contribution < 1.29 is 8.42 Å². The van der Waals surface area contributed by atoms with E-state index in [1.807, 2.05) is 24.7 Å². The number of hydrogen-bond acceptors (Lipinski definition) is 4. The third-order valence-corrected chi connectivity index (χ3v) is 4.71. The highest BCUT2D eigenvalue weighted by molar-refractivity contribution is 7.91. The molecule has 0 aliphatic carbocycles. The van der Waals surface area contributed by atoms with Crippen LogP contribution in [-0.4, -0.2) is 36.0 Å². The Kier molecular flexibility index (Phi) is 5.81. The predicted octanol–water partition coefficient (Wildman–Crippen LogP) is 1.29. The summed E-state index contributed by atoms with van der Waals surface area (Å²) in [5.74, 6) is 0.487. The average molecular weight is 273 g/mol. The van der Waals surface area contributed by atoms with Crippen molar-refractivity contribution in [1.82, 2.24) is 14.9 Å². The van der Waals surface area contributed by atoms with E-state index in [2.05, 4.69) is 10.3 Å². The van der Waals surface area contributed by atoms with E-state index in [0.29, 0.717) is 6.42 Å². The molecule has 0 radical (unpaired) electrons. The van der Waals surface area contributed by atoms with E-state index in [0.717, 1.165) is 18.7 Å². The van der Waals surface area contributed by atoms with E-state index in [1.165, 1.54) is 0 Å². The van der Waals surface area contributed by atoms with Gasteiger partial charge < -0.3 is 9.88 Å². The fourth-order valence-electron chi connectivity index (χ4n) is 1.87. The molecule has 1 atom stereocenters. The van der Waals surface area contributed by atoms with Crippen LogP contribution in [0, 0.1) is 0 Å². The maximum atomic E-state index is 11.4. The molecule has 0 fully saturated rings. The smallest absolute Gasteiger partial charge is 0.150 e. The second-order valence-corrected chi connectivity index (χ2v) is 6.93. The number of hydrogen-bond donors (Lipinski definition) is 1. The SMILES string of the molecule is CCNC(CCCS(=O)(=O)CC)c1cn(C)cn1. The molecule has 0 bridgehead atoms. The lowest BCUT2D eigenvalue weighted by Gasteiger charge is -2.15. The average Bonchev–Trinajstić information content (AvgIpc) is 2.74. The molecule has 1 N–H and O–H groups in total. The van der Waals surface area contributed by atoms with Crippen molar-refractivity contribution >= 4 is 9.84 Å². The summed E-state index contributed by atoms with van der Waals surface area (Å²) in [7, 11) is -0.929. The van der Waals surface area contributed by atoms with Crippen LogP contribution < -0.4 is 5.32 Å². The zero-order chi connectivity index (χ0) is 13.6. The lowest BCUT2D eigenvalue weighted by Crippen LogP contribution is -2.22. The molecule has 0 aliphatic rings. The molecule has 18 heavy (non-hydrogen) atoms. The molecule has 6 heteroatoms. The molecule has 1 heterocycles. The van der Waals surface area contributed by atoms with Crippen LogP contribution in [0.15, 0.2) is 12.5 Å². The van der Waals surface area contributed by atoms with Gasteiger partial charge in [-0.05, 0) is 19.4 Å². The van der Waals surface area contributed by atoms with Crippen LogP contribution in [-0.2, 0) is 16.9 Å².